The van der Waals surface area contributed by atoms with Gasteiger partial charge in [0, 0.05) is 12.0 Å². The molecule has 8 heteroatoms. The predicted octanol–water partition coefficient (Wildman–Crippen LogP) is 4.43. The maximum atomic E-state index is 11.7. The van der Waals surface area contributed by atoms with E-state index in [-0.39, 0.29) is 12.2 Å². The molecule has 0 aliphatic carbocycles. The first kappa shape index (κ1) is 23.8. The Morgan fingerprint density at radius 3 is 2.59 bits per heavy atom. The van der Waals surface area contributed by atoms with Crippen LogP contribution in [0.1, 0.15) is 47.6 Å². The van der Waals surface area contributed by atoms with Crippen molar-refractivity contribution in [2.45, 2.75) is 37.5 Å². The summed E-state index contributed by atoms with van der Waals surface area (Å²) in [4.78, 5) is 10.8. The zero-order chi connectivity index (χ0) is 24.3. The molecule has 1 unspecified atom stereocenters. The molecule has 3 aromatic carbocycles. The van der Waals surface area contributed by atoms with Crippen molar-refractivity contribution in [3.05, 3.63) is 82.9 Å². The second kappa shape index (κ2) is 9.87. The third-order valence-electron chi connectivity index (χ3n) is 5.85. The fourth-order valence-electron chi connectivity index (χ4n) is 4.38. The molecule has 0 amide bonds. The number of benzene rings is 3. The second-order valence-corrected chi connectivity index (χ2v) is 10.0. The number of unbranched alkanes of at least 4 members (excludes halogenated alkanes) is 1. The number of aryl methyl sites for hydroxylation is 1. The number of carbonyl (C=O) groups is 1. The van der Waals surface area contributed by atoms with Gasteiger partial charge in [-0.25, -0.2) is 13.6 Å². The van der Waals surface area contributed by atoms with Gasteiger partial charge < -0.3 is 14.6 Å². The standard InChI is InChI=1S/C26H27NO6S/c1-32-22-9-5-10-23-25(22)20-13-12-18(16-34(27,30)31)15-21(20)26(33-23)19-8-4-7-17(14-19)6-2-3-11-24(28)29/h4-5,7-10,12-15,26H,2-3,6,11,16H2,1H3,(H,28,29)(H2,27,30,31). The van der Waals surface area contributed by atoms with Gasteiger partial charge in [0.2, 0.25) is 10.0 Å². The maximum Gasteiger partial charge on any atom is 0.303 e. The highest BCUT2D eigenvalue weighted by Gasteiger charge is 2.30. The van der Waals surface area contributed by atoms with Crippen molar-refractivity contribution < 1.29 is 27.8 Å². The van der Waals surface area contributed by atoms with E-state index >= 15 is 0 Å². The first-order valence-electron chi connectivity index (χ1n) is 11.0. The number of primary sulfonamides is 1. The minimum Gasteiger partial charge on any atom is -0.496 e. The molecule has 0 radical (unpaired) electrons. The van der Waals surface area contributed by atoms with E-state index in [4.69, 9.17) is 19.7 Å². The van der Waals surface area contributed by atoms with Crippen molar-refractivity contribution >= 4 is 16.0 Å². The molecule has 1 heterocycles. The number of hydrogen-bond donors (Lipinski definition) is 2. The Bertz CT molecular complexity index is 1320. The number of aliphatic carboxylic acids is 1. The molecule has 0 saturated carbocycles. The monoisotopic (exact) mass is 481 g/mol. The summed E-state index contributed by atoms with van der Waals surface area (Å²) < 4.78 is 35.5. The molecule has 3 aromatic rings. The number of sulfonamides is 1. The van der Waals surface area contributed by atoms with Crippen LogP contribution in [0.2, 0.25) is 0 Å². The molecule has 0 aromatic heterocycles. The molecule has 3 N–H and O–H groups in total. The van der Waals surface area contributed by atoms with E-state index in [0.29, 0.717) is 23.5 Å². The topological polar surface area (TPSA) is 116 Å². The van der Waals surface area contributed by atoms with Gasteiger partial charge in [-0.2, -0.15) is 0 Å². The van der Waals surface area contributed by atoms with Crippen LogP contribution in [0.5, 0.6) is 11.5 Å². The summed E-state index contributed by atoms with van der Waals surface area (Å²) in [6.45, 7) is 0. The molecule has 1 aliphatic heterocycles. The Kier molecular flexibility index (Phi) is 6.90. The smallest absolute Gasteiger partial charge is 0.303 e. The molecular weight excluding hydrogens is 454 g/mol. The summed E-state index contributed by atoms with van der Waals surface area (Å²) in [5.74, 6) is 0.298. The molecule has 34 heavy (non-hydrogen) atoms. The lowest BCUT2D eigenvalue weighted by Crippen LogP contribution is -2.18. The minimum absolute atomic E-state index is 0.157. The van der Waals surface area contributed by atoms with Crippen molar-refractivity contribution in [1.29, 1.82) is 0 Å². The summed E-state index contributed by atoms with van der Waals surface area (Å²) in [6, 6.07) is 19.1. The van der Waals surface area contributed by atoms with Gasteiger partial charge >= 0.3 is 5.97 Å². The number of hydrogen-bond acceptors (Lipinski definition) is 5. The fraction of sp³-hybridized carbons (Fsp3) is 0.269. The lowest BCUT2D eigenvalue weighted by molar-refractivity contribution is -0.137. The van der Waals surface area contributed by atoms with Crippen LogP contribution in [0.4, 0.5) is 0 Å². The van der Waals surface area contributed by atoms with Crippen LogP contribution in [-0.2, 0) is 27.0 Å². The predicted molar refractivity (Wildman–Crippen MR) is 129 cm³/mol. The zero-order valence-electron chi connectivity index (χ0n) is 18.9. The molecule has 7 nitrogen and oxygen atoms in total. The van der Waals surface area contributed by atoms with Gasteiger partial charge in [0.1, 0.15) is 17.6 Å². The van der Waals surface area contributed by atoms with Gasteiger partial charge in [-0.05, 0) is 53.6 Å². The Labute approximate surface area is 199 Å². The summed E-state index contributed by atoms with van der Waals surface area (Å²) >= 11 is 0. The number of fused-ring (bicyclic) bond motifs is 3. The first-order valence-corrected chi connectivity index (χ1v) is 12.7. The lowest BCUT2D eigenvalue weighted by Gasteiger charge is -2.30. The van der Waals surface area contributed by atoms with Crippen LogP contribution in [0.3, 0.4) is 0 Å². The zero-order valence-corrected chi connectivity index (χ0v) is 19.7. The van der Waals surface area contributed by atoms with Crippen LogP contribution in [0.25, 0.3) is 11.1 Å². The number of ether oxygens (including phenoxy) is 2. The third-order valence-corrected chi connectivity index (χ3v) is 6.58. The second-order valence-electron chi connectivity index (χ2n) is 8.41. The van der Waals surface area contributed by atoms with Crippen LogP contribution in [0, 0.1) is 0 Å². The summed E-state index contributed by atoms with van der Waals surface area (Å²) in [5, 5.41) is 14.1. The minimum atomic E-state index is -3.69. The highest BCUT2D eigenvalue weighted by atomic mass is 32.2. The van der Waals surface area contributed by atoms with E-state index in [2.05, 4.69) is 6.07 Å². The van der Waals surface area contributed by atoms with E-state index in [1.165, 1.54) is 0 Å². The maximum absolute atomic E-state index is 11.7. The quantitative estimate of drug-likeness (QED) is 0.437. The van der Waals surface area contributed by atoms with Gasteiger partial charge in [-0.1, -0.05) is 48.5 Å². The summed E-state index contributed by atoms with van der Waals surface area (Å²) in [6.07, 6.45) is 1.86. The van der Waals surface area contributed by atoms with Crippen LogP contribution in [0.15, 0.2) is 60.7 Å². The Balaban J connectivity index is 1.74. The highest BCUT2D eigenvalue weighted by molar-refractivity contribution is 7.88. The Hall–Kier alpha value is -3.36. The number of carboxylic acid groups (broad SMARTS) is 1. The molecule has 0 bridgehead atoms. The van der Waals surface area contributed by atoms with Crippen LogP contribution in [-0.4, -0.2) is 26.6 Å². The van der Waals surface area contributed by atoms with Gasteiger partial charge in [0.15, 0.2) is 0 Å². The van der Waals surface area contributed by atoms with Crippen molar-refractivity contribution in [2.75, 3.05) is 7.11 Å². The van der Waals surface area contributed by atoms with E-state index in [9.17, 15) is 13.2 Å². The Morgan fingerprint density at radius 2 is 1.85 bits per heavy atom. The van der Waals surface area contributed by atoms with Gasteiger partial charge in [-0.3, -0.25) is 4.79 Å². The number of methoxy groups -OCH3 is 1. The van der Waals surface area contributed by atoms with Gasteiger partial charge in [0.05, 0.1) is 18.4 Å². The Morgan fingerprint density at radius 1 is 1.06 bits per heavy atom. The van der Waals surface area contributed by atoms with Crippen molar-refractivity contribution in [3.63, 3.8) is 0 Å². The van der Waals surface area contributed by atoms with Crippen molar-refractivity contribution in [1.82, 2.24) is 0 Å². The van der Waals surface area contributed by atoms with E-state index in [0.717, 1.165) is 40.7 Å². The molecule has 1 aliphatic rings. The average molecular weight is 482 g/mol. The SMILES string of the molecule is COc1cccc2c1-c1ccc(CS(N)(=O)=O)cc1C(c1cccc(CCCCC(=O)O)c1)O2. The van der Waals surface area contributed by atoms with Crippen LogP contribution >= 0.6 is 0 Å². The number of carboxylic acids is 1. The summed E-state index contributed by atoms with van der Waals surface area (Å²) in [5.41, 5.74) is 5.17. The molecule has 0 spiro atoms. The normalized spacial score (nSPS) is 14.6. The number of rotatable bonds is 9. The molecule has 1 atom stereocenters. The molecule has 4 rings (SSSR count). The van der Waals surface area contributed by atoms with E-state index in [1.54, 1.807) is 13.2 Å². The van der Waals surface area contributed by atoms with E-state index < -0.39 is 22.1 Å². The summed E-state index contributed by atoms with van der Waals surface area (Å²) in [7, 11) is -2.09. The molecular formula is C26H27NO6S. The molecule has 0 fully saturated rings. The largest absolute Gasteiger partial charge is 0.496 e. The van der Waals surface area contributed by atoms with Crippen LogP contribution < -0.4 is 14.6 Å². The third kappa shape index (κ3) is 5.40. The molecule has 0 saturated heterocycles. The van der Waals surface area contributed by atoms with Gasteiger partial charge in [0.25, 0.3) is 0 Å². The first-order chi connectivity index (χ1) is 16.2. The van der Waals surface area contributed by atoms with E-state index in [1.807, 2.05) is 48.5 Å². The fourth-order valence-corrected chi connectivity index (χ4v) is 5.02. The van der Waals surface area contributed by atoms with Crippen molar-refractivity contribution in [2.24, 2.45) is 5.14 Å². The van der Waals surface area contributed by atoms with Crippen molar-refractivity contribution in [3.8, 4) is 22.6 Å². The average Bonchev–Trinajstić information content (AvgIpc) is 2.79. The highest BCUT2D eigenvalue weighted by Crippen LogP contribution is 2.49. The lowest BCUT2D eigenvalue weighted by atomic mass is 9.87. The molecule has 178 valence electrons. The number of nitrogens with two attached hydrogens (primary N) is 1. The van der Waals surface area contributed by atoms with Gasteiger partial charge in [-0.15, -0.1) is 0 Å².